The fourth-order valence-electron chi connectivity index (χ4n) is 2.20. The van der Waals surface area contributed by atoms with Gasteiger partial charge >= 0.3 is 0 Å². The van der Waals surface area contributed by atoms with Gasteiger partial charge in [0.15, 0.2) is 0 Å². The fraction of sp³-hybridized carbons (Fsp3) is 0.500. The van der Waals surface area contributed by atoms with Crippen molar-refractivity contribution in [3.63, 3.8) is 0 Å². The Morgan fingerprint density at radius 2 is 1.69 bits per heavy atom. The Balaban J connectivity index is 2.15. The largest absolute Gasteiger partial charge is 0.392 e. The van der Waals surface area contributed by atoms with Gasteiger partial charge in [-0.05, 0) is 18.4 Å². The van der Waals surface area contributed by atoms with Crippen molar-refractivity contribution in [3.8, 4) is 0 Å². The molecule has 1 N–H and O–H groups in total. The van der Waals surface area contributed by atoms with E-state index in [2.05, 4.69) is 24.3 Å². The highest BCUT2D eigenvalue weighted by Gasteiger charge is 2.23. The van der Waals surface area contributed by atoms with Crippen molar-refractivity contribution in [2.75, 3.05) is 0 Å². The molecule has 2 atom stereocenters. The van der Waals surface area contributed by atoms with Gasteiger partial charge in [-0.15, -0.1) is 0 Å². The summed E-state index contributed by atoms with van der Waals surface area (Å²) in [6, 6.07) is 10.4. The van der Waals surface area contributed by atoms with E-state index in [1.54, 1.807) is 0 Å². The zero-order chi connectivity index (χ0) is 9.10. The van der Waals surface area contributed by atoms with Crippen molar-refractivity contribution in [3.05, 3.63) is 35.9 Å². The van der Waals surface area contributed by atoms with Crippen molar-refractivity contribution >= 4 is 0 Å². The zero-order valence-electron chi connectivity index (χ0n) is 7.82. The Hall–Kier alpha value is -0.820. The van der Waals surface area contributed by atoms with Crippen LogP contribution in [-0.2, 0) is 0 Å². The van der Waals surface area contributed by atoms with Gasteiger partial charge in [0, 0.05) is 5.92 Å². The number of hydrogen-bond donors (Lipinski definition) is 1. The molecule has 1 heteroatoms. The predicted molar refractivity (Wildman–Crippen MR) is 53.7 cm³/mol. The topological polar surface area (TPSA) is 20.2 Å². The molecule has 1 aromatic carbocycles. The number of rotatable bonds is 1. The summed E-state index contributed by atoms with van der Waals surface area (Å²) in [5, 5.41) is 9.82. The van der Waals surface area contributed by atoms with Gasteiger partial charge in [-0.2, -0.15) is 0 Å². The molecule has 0 bridgehead atoms. The number of benzene rings is 1. The molecule has 1 aliphatic carbocycles. The summed E-state index contributed by atoms with van der Waals surface area (Å²) < 4.78 is 0. The van der Waals surface area contributed by atoms with Crippen LogP contribution in [0.1, 0.15) is 37.2 Å². The molecule has 0 saturated heterocycles. The second-order valence-electron chi connectivity index (χ2n) is 3.87. The molecule has 1 nitrogen and oxygen atoms in total. The SMILES string of the molecule is O[C@@H]1CCCC[C@H]1c1ccccc1. The van der Waals surface area contributed by atoms with Gasteiger partial charge in [-0.1, -0.05) is 43.2 Å². The second-order valence-corrected chi connectivity index (χ2v) is 3.87. The van der Waals surface area contributed by atoms with E-state index in [1.165, 1.54) is 18.4 Å². The number of aliphatic hydroxyl groups is 1. The van der Waals surface area contributed by atoms with Gasteiger partial charge < -0.3 is 5.11 Å². The standard InChI is InChI=1S/C12H16O/c13-12-9-5-4-8-11(12)10-6-2-1-3-7-10/h1-3,6-7,11-13H,4-5,8-9H2/t11-,12+/m0/s1. The maximum absolute atomic E-state index is 9.82. The maximum Gasteiger partial charge on any atom is 0.0608 e. The average Bonchev–Trinajstić information content (AvgIpc) is 2.20. The normalized spacial score (nSPS) is 28.7. The van der Waals surface area contributed by atoms with E-state index >= 15 is 0 Å². The summed E-state index contributed by atoms with van der Waals surface area (Å²) in [6.45, 7) is 0. The quantitative estimate of drug-likeness (QED) is 0.697. The third-order valence-electron chi connectivity index (χ3n) is 2.96. The van der Waals surface area contributed by atoms with Gasteiger partial charge in [0.05, 0.1) is 6.10 Å². The lowest BCUT2D eigenvalue weighted by Gasteiger charge is -2.27. The lowest BCUT2D eigenvalue weighted by Crippen LogP contribution is -2.22. The summed E-state index contributed by atoms with van der Waals surface area (Å²) in [6.07, 6.45) is 4.45. The van der Waals surface area contributed by atoms with E-state index in [0.29, 0.717) is 5.92 Å². The van der Waals surface area contributed by atoms with E-state index in [-0.39, 0.29) is 6.10 Å². The van der Waals surface area contributed by atoms with Crippen molar-refractivity contribution in [1.29, 1.82) is 0 Å². The van der Waals surface area contributed by atoms with Gasteiger partial charge in [0.2, 0.25) is 0 Å². The Morgan fingerprint density at radius 3 is 2.38 bits per heavy atom. The summed E-state index contributed by atoms with van der Waals surface area (Å²) in [5.41, 5.74) is 1.30. The van der Waals surface area contributed by atoms with Crippen LogP contribution in [0.4, 0.5) is 0 Å². The highest BCUT2D eigenvalue weighted by Crippen LogP contribution is 2.32. The van der Waals surface area contributed by atoms with Gasteiger partial charge in [0.1, 0.15) is 0 Å². The first-order valence-corrected chi connectivity index (χ1v) is 5.11. The lowest BCUT2D eigenvalue weighted by molar-refractivity contribution is 0.106. The minimum Gasteiger partial charge on any atom is -0.392 e. The van der Waals surface area contributed by atoms with Crippen LogP contribution in [0.3, 0.4) is 0 Å². The molecule has 0 aliphatic heterocycles. The van der Waals surface area contributed by atoms with Crippen LogP contribution in [0.5, 0.6) is 0 Å². The highest BCUT2D eigenvalue weighted by atomic mass is 16.3. The van der Waals surface area contributed by atoms with Gasteiger partial charge in [0.25, 0.3) is 0 Å². The Kier molecular flexibility index (Phi) is 2.65. The molecule has 1 saturated carbocycles. The van der Waals surface area contributed by atoms with Crippen LogP contribution < -0.4 is 0 Å². The van der Waals surface area contributed by atoms with Crippen LogP contribution in [0.2, 0.25) is 0 Å². The predicted octanol–water partition coefficient (Wildman–Crippen LogP) is 2.71. The van der Waals surface area contributed by atoms with E-state index < -0.39 is 0 Å². The van der Waals surface area contributed by atoms with E-state index in [9.17, 15) is 5.11 Å². The third kappa shape index (κ3) is 1.92. The summed E-state index contributed by atoms with van der Waals surface area (Å²) >= 11 is 0. The first-order chi connectivity index (χ1) is 6.38. The van der Waals surface area contributed by atoms with Crippen LogP contribution in [0.25, 0.3) is 0 Å². The van der Waals surface area contributed by atoms with E-state index in [4.69, 9.17) is 0 Å². The highest BCUT2D eigenvalue weighted by molar-refractivity contribution is 5.21. The maximum atomic E-state index is 9.82. The smallest absolute Gasteiger partial charge is 0.0608 e. The molecule has 70 valence electrons. The molecule has 1 fully saturated rings. The molecule has 0 spiro atoms. The van der Waals surface area contributed by atoms with Gasteiger partial charge in [-0.3, -0.25) is 0 Å². The molecule has 0 heterocycles. The monoisotopic (exact) mass is 176 g/mol. The molecular weight excluding hydrogens is 160 g/mol. The van der Waals surface area contributed by atoms with E-state index in [0.717, 1.165) is 12.8 Å². The first kappa shape index (κ1) is 8.76. The van der Waals surface area contributed by atoms with Crippen LogP contribution in [-0.4, -0.2) is 11.2 Å². The minimum atomic E-state index is -0.115. The summed E-state index contributed by atoms with van der Waals surface area (Å²) in [4.78, 5) is 0. The third-order valence-corrected chi connectivity index (χ3v) is 2.96. The lowest BCUT2D eigenvalue weighted by atomic mass is 9.82. The Bertz CT molecular complexity index is 255. The molecule has 0 radical (unpaired) electrons. The molecule has 0 aromatic heterocycles. The van der Waals surface area contributed by atoms with Crippen molar-refractivity contribution < 1.29 is 5.11 Å². The molecule has 0 unspecified atom stereocenters. The van der Waals surface area contributed by atoms with Crippen molar-refractivity contribution in [2.24, 2.45) is 0 Å². The van der Waals surface area contributed by atoms with Crippen LogP contribution in [0, 0.1) is 0 Å². The molecular formula is C12H16O. The second kappa shape index (κ2) is 3.93. The van der Waals surface area contributed by atoms with E-state index in [1.807, 2.05) is 6.07 Å². The molecule has 13 heavy (non-hydrogen) atoms. The average molecular weight is 176 g/mol. The zero-order valence-corrected chi connectivity index (χ0v) is 7.82. The molecule has 2 rings (SSSR count). The summed E-state index contributed by atoms with van der Waals surface area (Å²) in [7, 11) is 0. The Morgan fingerprint density at radius 1 is 1.00 bits per heavy atom. The molecule has 1 aromatic rings. The Labute approximate surface area is 79.4 Å². The van der Waals surface area contributed by atoms with Crippen molar-refractivity contribution in [2.45, 2.75) is 37.7 Å². The summed E-state index contributed by atoms with van der Waals surface area (Å²) in [5.74, 6) is 0.384. The number of hydrogen-bond acceptors (Lipinski definition) is 1. The molecule has 0 amide bonds. The van der Waals surface area contributed by atoms with Gasteiger partial charge in [-0.25, -0.2) is 0 Å². The minimum absolute atomic E-state index is 0.115. The van der Waals surface area contributed by atoms with Crippen LogP contribution in [0.15, 0.2) is 30.3 Å². The molecule has 1 aliphatic rings. The van der Waals surface area contributed by atoms with Crippen molar-refractivity contribution in [1.82, 2.24) is 0 Å². The van der Waals surface area contributed by atoms with Crippen LogP contribution >= 0.6 is 0 Å². The number of aliphatic hydroxyl groups excluding tert-OH is 1. The fourth-order valence-corrected chi connectivity index (χ4v) is 2.20. The first-order valence-electron chi connectivity index (χ1n) is 5.11.